The maximum Gasteiger partial charge on any atom is 0.331 e. The summed E-state index contributed by atoms with van der Waals surface area (Å²) in [5.41, 5.74) is 1.66. The van der Waals surface area contributed by atoms with Gasteiger partial charge in [-0.25, -0.2) is 4.79 Å². The quantitative estimate of drug-likeness (QED) is 0.584. The fourth-order valence-corrected chi connectivity index (χ4v) is 0.589. The van der Waals surface area contributed by atoms with Crippen LogP contribution in [0.1, 0.15) is 26.7 Å². The molecule has 0 aromatic heterocycles. The standard InChI is InChI=1S/C6H8O2.C2H4O2/c1-4(6(7)8)5-2-3-5;1-2(3)4/h2-3H2,1H3,(H,7,8);1H3,(H,3,4). The zero-order valence-corrected chi connectivity index (χ0v) is 7.13. The van der Waals surface area contributed by atoms with Gasteiger partial charge >= 0.3 is 5.97 Å². The molecule has 0 aliphatic heterocycles. The number of hydrogen-bond acceptors (Lipinski definition) is 2. The van der Waals surface area contributed by atoms with Gasteiger partial charge in [0, 0.05) is 12.5 Å². The van der Waals surface area contributed by atoms with Gasteiger partial charge in [0.15, 0.2) is 0 Å². The zero-order chi connectivity index (χ0) is 9.72. The first-order valence-corrected chi connectivity index (χ1v) is 3.56. The van der Waals surface area contributed by atoms with Gasteiger partial charge in [-0.2, -0.15) is 0 Å². The molecule has 1 saturated carbocycles. The minimum Gasteiger partial charge on any atom is -0.481 e. The van der Waals surface area contributed by atoms with Crippen LogP contribution in [-0.2, 0) is 9.59 Å². The summed E-state index contributed by atoms with van der Waals surface area (Å²) >= 11 is 0. The Morgan fingerprint density at radius 1 is 1.17 bits per heavy atom. The van der Waals surface area contributed by atoms with Crippen LogP contribution in [0, 0.1) is 0 Å². The SMILES string of the molecule is CC(=O)O.CC(C(=O)O)=C1CC1. The maximum absolute atomic E-state index is 10.1. The number of carboxylic acid groups (broad SMARTS) is 2. The molecule has 0 radical (unpaired) electrons. The van der Waals surface area contributed by atoms with E-state index < -0.39 is 11.9 Å². The Kier molecular flexibility index (Phi) is 4.04. The highest BCUT2D eigenvalue weighted by atomic mass is 16.4. The monoisotopic (exact) mass is 172 g/mol. The second kappa shape index (κ2) is 4.54. The van der Waals surface area contributed by atoms with E-state index >= 15 is 0 Å². The first-order chi connectivity index (χ1) is 5.45. The summed E-state index contributed by atoms with van der Waals surface area (Å²) in [5, 5.41) is 15.8. The van der Waals surface area contributed by atoms with Crippen LogP contribution in [0.25, 0.3) is 0 Å². The van der Waals surface area contributed by atoms with E-state index in [1.165, 1.54) is 0 Å². The Morgan fingerprint density at radius 3 is 1.58 bits per heavy atom. The molecule has 4 nitrogen and oxygen atoms in total. The number of hydrogen-bond donors (Lipinski definition) is 2. The Hall–Kier alpha value is -1.32. The molecule has 68 valence electrons. The van der Waals surface area contributed by atoms with Crippen molar-refractivity contribution in [3.8, 4) is 0 Å². The molecule has 0 aromatic rings. The van der Waals surface area contributed by atoms with Gasteiger partial charge in [0.25, 0.3) is 5.97 Å². The summed E-state index contributed by atoms with van der Waals surface area (Å²) in [4.78, 5) is 19.1. The molecule has 0 atom stereocenters. The van der Waals surface area contributed by atoms with Gasteiger partial charge < -0.3 is 10.2 Å². The van der Waals surface area contributed by atoms with Crippen LogP contribution in [0.4, 0.5) is 0 Å². The Morgan fingerprint density at radius 2 is 1.50 bits per heavy atom. The van der Waals surface area contributed by atoms with Crippen molar-refractivity contribution in [1.29, 1.82) is 0 Å². The summed E-state index contributed by atoms with van der Waals surface area (Å²) in [5.74, 6) is -1.60. The Bertz CT molecular complexity index is 217. The van der Waals surface area contributed by atoms with E-state index in [2.05, 4.69) is 0 Å². The van der Waals surface area contributed by atoms with E-state index in [1.807, 2.05) is 0 Å². The highest BCUT2D eigenvalue weighted by Gasteiger charge is 2.17. The predicted molar refractivity (Wildman–Crippen MR) is 42.9 cm³/mol. The van der Waals surface area contributed by atoms with E-state index in [0.717, 1.165) is 25.3 Å². The van der Waals surface area contributed by atoms with Crippen molar-refractivity contribution in [3.63, 3.8) is 0 Å². The molecule has 2 N–H and O–H groups in total. The molecule has 1 fully saturated rings. The minimum atomic E-state index is -0.833. The smallest absolute Gasteiger partial charge is 0.331 e. The fourth-order valence-electron chi connectivity index (χ4n) is 0.589. The molecule has 4 heteroatoms. The molecule has 1 rings (SSSR count). The average molecular weight is 172 g/mol. The van der Waals surface area contributed by atoms with Crippen LogP contribution in [-0.4, -0.2) is 22.2 Å². The van der Waals surface area contributed by atoms with Crippen LogP contribution in [0.5, 0.6) is 0 Å². The summed E-state index contributed by atoms with van der Waals surface area (Å²) < 4.78 is 0. The molecule has 1 aliphatic rings. The second-order valence-electron chi connectivity index (χ2n) is 2.55. The predicted octanol–water partition coefficient (Wildman–Crippen LogP) is 1.27. The second-order valence-corrected chi connectivity index (χ2v) is 2.55. The highest BCUT2D eigenvalue weighted by molar-refractivity contribution is 5.87. The molecular formula is C8H12O4. The van der Waals surface area contributed by atoms with Crippen LogP contribution in [0.15, 0.2) is 11.1 Å². The lowest BCUT2D eigenvalue weighted by Gasteiger charge is -1.85. The normalized spacial score (nSPS) is 12.7. The summed E-state index contributed by atoms with van der Waals surface area (Å²) in [7, 11) is 0. The van der Waals surface area contributed by atoms with Crippen molar-refractivity contribution in [2.45, 2.75) is 26.7 Å². The van der Waals surface area contributed by atoms with Gasteiger partial charge in [0.05, 0.1) is 0 Å². The number of aliphatic carboxylic acids is 2. The van der Waals surface area contributed by atoms with Crippen LogP contribution >= 0.6 is 0 Å². The van der Waals surface area contributed by atoms with Crippen molar-refractivity contribution in [2.24, 2.45) is 0 Å². The van der Waals surface area contributed by atoms with Crippen LogP contribution in [0.3, 0.4) is 0 Å². The lowest BCUT2D eigenvalue weighted by molar-refractivity contribution is -0.134. The third-order valence-corrected chi connectivity index (χ3v) is 1.35. The molecule has 0 amide bonds. The molecule has 0 spiro atoms. The molecule has 0 aromatic carbocycles. The molecule has 0 unspecified atom stereocenters. The first kappa shape index (κ1) is 10.7. The molecule has 0 saturated heterocycles. The van der Waals surface area contributed by atoms with E-state index in [9.17, 15) is 4.79 Å². The Labute approximate surface area is 70.5 Å². The fraction of sp³-hybridized carbons (Fsp3) is 0.500. The largest absolute Gasteiger partial charge is 0.481 e. The molecule has 0 bridgehead atoms. The van der Waals surface area contributed by atoms with Gasteiger partial charge in [-0.05, 0) is 19.8 Å². The molecule has 12 heavy (non-hydrogen) atoms. The maximum atomic E-state index is 10.1. The van der Waals surface area contributed by atoms with Gasteiger partial charge in [0.1, 0.15) is 0 Å². The third kappa shape index (κ3) is 5.46. The number of rotatable bonds is 1. The third-order valence-electron chi connectivity index (χ3n) is 1.35. The summed E-state index contributed by atoms with van der Waals surface area (Å²) in [6.45, 7) is 2.74. The van der Waals surface area contributed by atoms with Crippen molar-refractivity contribution in [3.05, 3.63) is 11.1 Å². The van der Waals surface area contributed by atoms with Gasteiger partial charge in [-0.1, -0.05) is 5.57 Å². The zero-order valence-electron chi connectivity index (χ0n) is 7.13. The van der Waals surface area contributed by atoms with E-state index in [-0.39, 0.29) is 0 Å². The number of allylic oxidation sites excluding steroid dienone is 1. The summed E-state index contributed by atoms with van der Waals surface area (Å²) in [6.07, 6.45) is 2.00. The van der Waals surface area contributed by atoms with Crippen LogP contribution < -0.4 is 0 Å². The minimum absolute atomic E-state index is 0.546. The van der Waals surface area contributed by atoms with E-state index in [0.29, 0.717) is 5.57 Å². The molecule has 0 heterocycles. The van der Waals surface area contributed by atoms with Crippen molar-refractivity contribution in [2.75, 3.05) is 0 Å². The van der Waals surface area contributed by atoms with Gasteiger partial charge in [-0.15, -0.1) is 0 Å². The van der Waals surface area contributed by atoms with Crippen LogP contribution in [0.2, 0.25) is 0 Å². The van der Waals surface area contributed by atoms with Gasteiger partial charge in [-0.3, -0.25) is 4.79 Å². The Balaban J connectivity index is 0.000000261. The van der Waals surface area contributed by atoms with E-state index in [1.54, 1.807) is 6.92 Å². The lowest BCUT2D eigenvalue weighted by Crippen LogP contribution is -1.94. The van der Waals surface area contributed by atoms with Crippen molar-refractivity contribution >= 4 is 11.9 Å². The highest BCUT2D eigenvalue weighted by Crippen LogP contribution is 2.31. The van der Waals surface area contributed by atoms with E-state index in [4.69, 9.17) is 15.0 Å². The van der Waals surface area contributed by atoms with Gasteiger partial charge in [0.2, 0.25) is 0 Å². The first-order valence-electron chi connectivity index (χ1n) is 3.56. The molecular weight excluding hydrogens is 160 g/mol. The summed E-state index contributed by atoms with van der Waals surface area (Å²) in [6, 6.07) is 0. The average Bonchev–Trinajstić information content (AvgIpc) is 2.65. The lowest BCUT2D eigenvalue weighted by atomic mass is 10.3. The van der Waals surface area contributed by atoms with Crippen molar-refractivity contribution < 1.29 is 19.8 Å². The number of carbonyl (C=O) groups is 2. The topological polar surface area (TPSA) is 74.6 Å². The number of carboxylic acids is 2. The molecule has 1 aliphatic carbocycles. The van der Waals surface area contributed by atoms with Crippen molar-refractivity contribution in [1.82, 2.24) is 0 Å².